The Balaban J connectivity index is 0.969. The maximum Gasteiger partial charge on any atom is 0.315 e. The van der Waals surface area contributed by atoms with Crippen LogP contribution in [-0.4, -0.2) is 35.6 Å². The van der Waals surface area contributed by atoms with E-state index in [0.29, 0.717) is 6.54 Å². The molecule has 5 fully saturated rings. The third-order valence-corrected chi connectivity index (χ3v) is 13.1. The Morgan fingerprint density at radius 1 is 0.846 bits per heavy atom. The number of methoxy groups -OCH3 is 1. The van der Waals surface area contributed by atoms with Crippen molar-refractivity contribution in [2.45, 2.75) is 87.5 Å². The Bertz CT molecular complexity index is 1810. The first-order valence-electron chi connectivity index (χ1n) is 18.9. The number of aliphatic hydroxyl groups is 1. The van der Waals surface area contributed by atoms with Crippen LogP contribution in [0.2, 0.25) is 0 Å². The molecular weight excluding hydrogens is 669 g/mol. The highest BCUT2D eigenvalue weighted by molar-refractivity contribution is 7.99. The minimum atomic E-state index is -0.554. The van der Waals surface area contributed by atoms with Crippen molar-refractivity contribution < 1.29 is 24.1 Å². The number of carbonyl (C=O) groups is 1. The number of urea groups is 1. The summed E-state index contributed by atoms with van der Waals surface area (Å²) in [5.74, 6) is 4.04. The Morgan fingerprint density at radius 3 is 2.19 bits per heavy atom. The van der Waals surface area contributed by atoms with Crippen molar-refractivity contribution in [3.63, 3.8) is 0 Å². The van der Waals surface area contributed by atoms with E-state index in [1.54, 1.807) is 18.9 Å². The molecule has 272 valence electrons. The van der Waals surface area contributed by atoms with E-state index in [4.69, 9.17) is 14.2 Å². The lowest BCUT2D eigenvalue weighted by molar-refractivity contribution is -0.268. The van der Waals surface area contributed by atoms with Crippen LogP contribution in [0.5, 0.6) is 5.75 Å². The van der Waals surface area contributed by atoms with Crippen molar-refractivity contribution in [1.82, 2.24) is 10.6 Å². The highest BCUT2D eigenvalue weighted by Gasteiger charge is 2.51. The summed E-state index contributed by atoms with van der Waals surface area (Å²) in [7, 11) is 1.70. The van der Waals surface area contributed by atoms with Crippen molar-refractivity contribution in [1.29, 1.82) is 0 Å². The standard InChI is InChI=1S/C44H50N2O5S/c1-28-39(27-52-40-10-6-5-9-38(40)49-2)50-42(51-41(28)34-13-11-29(26-47)12-14-34)35-17-15-33(16-18-35)37-8-4-3-7-36(37)25-45-43(48)46-44-22-30-19-31(23-44)21-32(20-30)24-44/h3-18,28,30-32,39,41-42,47H,19-27H2,1-2H3,(H2,45,46,48)/t28-,30?,31?,32?,39+,41+,42+,44?/m0/s1. The normalized spacial score (nSPS) is 29.1. The van der Waals surface area contributed by atoms with Gasteiger partial charge >= 0.3 is 6.03 Å². The van der Waals surface area contributed by atoms with E-state index in [-0.39, 0.29) is 36.3 Å². The minimum Gasteiger partial charge on any atom is -0.496 e. The monoisotopic (exact) mass is 718 g/mol. The molecule has 0 unspecified atom stereocenters. The SMILES string of the molecule is COc1ccccc1SC[C@H]1O[C@@H](c2ccc(-c3ccccc3CNC(=O)NC34CC5CC(CC(C5)C3)C4)cc2)O[C@@H](c2ccc(CO)cc2)[C@H]1C. The molecule has 2 amide bonds. The lowest BCUT2D eigenvalue weighted by Crippen LogP contribution is -2.61. The molecule has 52 heavy (non-hydrogen) atoms. The summed E-state index contributed by atoms with van der Waals surface area (Å²) in [5, 5.41) is 16.3. The Labute approximate surface area is 311 Å². The zero-order valence-corrected chi connectivity index (χ0v) is 30.9. The molecular formula is C44H50N2O5S. The second-order valence-corrected chi connectivity index (χ2v) is 16.6. The third kappa shape index (κ3) is 7.49. The average molecular weight is 719 g/mol. The van der Waals surface area contributed by atoms with Crippen molar-refractivity contribution in [2.75, 3.05) is 12.9 Å². The zero-order chi connectivity index (χ0) is 35.7. The summed E-state index contributed by atoms with van der Waals surface area (Å²) in [6.07, 6.45) is 6.66. The topological polar surface area (TPSA) is 89.1 Å². The molecule has 1 saturated heterocycles. The van der Waals surface area contributed by atoms with Gasteiger partial charge in [0.2, 0.25) is 0 Å². The molecule has 8 heteroatoms. The van der Waals surface area contributed by atoms with Crippen LogP contribution in [0.3, 0.4) is 0 Å². The van der Waals surface area contributed by atoms with E-state index in [1.807, 2.05) is 42.5 Å². The maximum absolute atomic E-state index is 13.3. The third-order valence-electron chi connectivity index (χ3n) is 12.0. The van der Waals surface area contributed by atoms with Gasteiger partial charge < -0.3 is 30.0 Å². The Hall–Kier alpha value is -3.82. The van der Waals surface area contributed by atoms with Crippen molar-refractivity contribution >= 4 is 17.8 Å². The quantitative estimate of drug-likeness (QED) is 0.134. The first-order valence-corrected chi connectivity index (χ1v) is 19.9. The van der Waals surface area contributed by atoms with Crippen LogP contribution in [-0.2, 0) is 22.6 Å². The van der Waals surface area contributed by atoms with Crippen molar-refractivity contribution in [3.8, 4) is 16.9 Å². The highest BCUT2D eigenvalue weighted by atomic mass is 32.2. The first kappa shape index (κ1) is 35.2. The Kier molecular flexibility index (Phi) is 10.3. The average Bonchev–Trinajstić information content (AvgIpc) is 3.16. The van der Waals surface area contributed by atoms with Crippen LogP contribution in [0.1, 0.15) is 80.1 Å². The first-order chi connectivity index (χ1) is 25.4. The van der Waals surface area contributed by atoms with Crippen LogP contribution in [0.4, 0.5) is 4.79 Å². The molecule has 0 radical (unpaired) electrons. The van der Waals surface area contributed by atoms with Gasteiger partial charge in [-0.1, -0.05) is 91.9 Å². The van der Waals surface area contributed by atoms with Gasteiger partial charge in [-0.2, -0.15) is 0 Å². The number of amides is 2. The number of thioether (sulfide) groups is 1. The molecule has 1 heterocycles. The molecule has 0 aromatic heterocycles. The van der Waals surface area contributed by atoms with E-state index >= 15 is 0 Å². The second kappa shape index (κ2) is 15.3. The summed E-state index contributed by atoms with van der Waals surface area (Å²) in [5.41, 5.74) is 6.12. The number of ether oxygens (including phenoxy) is 3. The van der Waals surface area contributed by atoms with Gasteiger partial charge in [-0.05, 0) is 96.2 Å². The van der Waals surface area contributed by atoms with Crippen molar-refractivity contribution in [2.24, 2.45) is 23.7 Å². The van der Waals surface area contributed by atoms with E-state index in [2.05, 4.69) is 72.2 Å². The van der Waals surface area contributed by atoms with E-state index in [9.17, 15) is 9.90 Å². The van der Waals surface area contributed by atoms with E-state index in [1.165, 1.54) is 19.3 Å². The number of aliphatic hydroxyl groups excluding tert-OH is 1. The number of carbonyl (C=O) groups excluding carboxylic acids is 1. The molecule has 4 aliphatic carbocycles. The molecule has 4 aromatic carbocycles. The molecule has 3 N–H and O–H groups in total. The van der Waals surface area contributed by atoms with Crippen LogP contribution in [0, 0.1) is 23.7 Å². The van der Waals surface area contributed by atoms with Crippen LogP contribution >= 0.6 is 11.8 Å². The molecule has 4 saturated carbocycles. The number of benzene rings is 4. The van der Waals surface area contributed by atoms with Gasteiger partial charge in [0.05, 0.1) is 25.9 Å². The van der Waals surface area contributed by atoms with Gasteiger partial charge in [0.15, 0.2) is 6.29 Å². The summed E-state index contributed by atoms with van der Waals surface area (Å²) in [6, 6.07) is 32.8. The molecule has 5 aliphatic rings. The van der Waals surface area contributed by atoms with Gasteiger partial charge in [-0.15, -0.1) is 11.8 Å². The van der Waals surface area contributed by atoms with E-state index in [0.717, 1.165) is 86.8 Å². The molecule has 4 atom stereocenters. The fourth-order valence-corrected chi connectivity index (χ4v) is 10.9. The Morgan fingerprint density at radius 2 is 1.50 bits per heavy atom. The minimum absolute atomic E-state index is 0.00580. The fourth-order valence-electron chi connectivity index (χ4n) is 9.72. The number of rotatable bonds is 11. The lowest BCUT2D eigenvalue weighted by Gasteiger charge is -2.56. The van der Waals surface area contributed by atoms with Gasteiger partial charge in [-0.25, -0.2) is 4.79 Å². The predicted octanol–water partition coefficient (Wildman–Crippen LogP) is 9.21. The maximum atomic E-state index is 13.3. The fraction of sp³-hybridized carbons (Fsp3) is 0.432. The van der Waals surface area contributed by atoms with Crippen molar-refractivity contribution in [3.05, 3.63) is 119 Å². The predicted molar refractivity (Wildman–Crippen MR) is 205 cm³/mol. The number of nitrogens with one attached hydrogen (secondary N) is 2. The van der Waals surface area contributed by atoms with Crippen LogP contribution in [0.25, 0.3) is 11.1 Å². The second-order valence-electron chi connectivity index (χ2n) is 15.6. The molecule has 1 aliphatic heterocycles. The number of hydrogen-bond donors (Lipinski definition) is 3. The molecule has 4 bridgehead atoms. The summed E-state index contributed by atoms with van der Waals surface area (Å²) in [6.45, 7) is 2.66. The van der Waals surface area contributed by atoms with E-state index < -0.39 is 6.29 Å². The molecule has 7 nitrogen and oxygen atoms in total. The van der Waals surface area contributed by atoms with Gasteiger partial charge in [0.25, 0.3) is 0 Å². The number of hydrogen-bond acceptors (Lipinski definition) is 6. The number of para-hydroxylation sites is 1. The summed E-state index contributed by atoms with van der Waals surface area (Å²) in [4.78, 5) is 14.3. The largest absolute Gasteiger partial charge is 0.496 e. The highest BCUT2D eigenvalue weighted by Crippen LogP contribution is 2.55. The summed E-state index contributed by atoms with van der Waals surface area (Å²) >= 11 is 1.73. The smallest absolute Gasteiger partial charge is 0.315 e. The van der Waals surface area contributed by atoms with Gasteiger partial charge in [0, 0.05) is 34.2 Å². The van der Waals surface area contributed by atoms with Crippen LogP contribution in [0.15, 0.2) is 102 Å². The molecule has 0 spiro atoms. The molecule has 4 aromatic rings. The van der Waals surface area contributed by atoms with Crippen LogP contribution < -0.4 is 15.4 Å². The molecule has 9 rings (SSSR count). The van der Waals surface area contributed by atoms with Gasteiger partial charge in [-0.3, -0.25) is 0 Å². The van der Waals surface area contributed by atoms with Gasteiger partial charge in [0.1, 0.15) is 5.75 Å². The lowest BCUT2D eigenvalue weighted by atomic mass is 9.53. The summed E-state index contributed by atoms with van der Waals surface area (Å²) < 4.78 is 19.1. The zero-order valence-electron chi connectivity index (χ0n) is 30.1.